The second kappa shape index (κ2) is 6.97. The minimum atomic E-state index is -0.842. The lowest BCUT2D eigenvalue weighted by molar-refractivity contribution is -0.256. The Bertz CT molecular complexity index is 1030. The molecule has 1 spiro atoms. The average Bonchev–Trinajstić information content (AvgIpc) is 3.35. The van der Waals surface area contributed by atoms with Gasteiger partial charge in [0, 0.05) is 35.7 Å². The molecule has 0 N–H and O–H groups in total. The number of ether oxygens (including phenoxy) is 4. The van der Waals surface area contributed by atoms with Crippen molar-refractivity contribution in [2.45, 2.75) is 91.1 Å². The Kier molecular flexibility index (Phi) is 4.71. The molecule has 35 heavy (non-hydrogen) atoms. The Morgan fingerprint density at radius 2 is 1.83 bits per heavy atom. The SMILES string of the molecule is CC(=O)O[C@@H]1CC2C(C)(C)C=CC(=O)[C@]2(C)C2CC[C@@]3(C)C(C4CCOC4)OC(=O)C4OC43[C@@]21C. The molecule has 5 fully saturated rings. The van der Waals surface area contributed by atoms with Crippen molar-refractivity contribution in [3.05, 3.63) is 12.2 Å². The summed E-state index contributed by atoms with van der Waals surface area (Å²) in [5.41, 5.74) is -2.87. The highest BCUT2D eigenvalue weighted by atomic mass is 16.7. The Morgan fingerprint density at radius 1 is 1.09 bits per heavy atom. The summed E-state index contributed by atoms with van der Waals surface area (Å²) in [7, 11) is 0. The predicted molar refractivity (Wildman–Crippen MR) is 125 cm³/mol. The number of epoxide rings is 1. The molecule has 0 amide bonds. The largest absolute Gasteiger partial charge is 0.462 e. The first-order valence-electron chi connectivity index (χ1n) is 13.2. The number of carbonyl (C=O) groups excluding carboxylic acids is 3. The highest BCUT2D eigenvalue weighted by Crippen LogP contribution is 2.78. The number of carbonyl (C=O) groups is 3. The molecular formula is C28H38O7. The standard InChI is InChI=1S/C28H38O7/c1-15(29)33-20-13-18-24(2,3)10-8-19(30)26(18,5)17-7-11-25(4)21(16-9-12-32-14-16)34-23(31)22-28(25,35-22)27(17,20)6/h8,10,16-18,20-22H,7,9,11-14H2,1-6H3/t16?,17?,18?,20-,21?,22?,25+,26-,27+,28?/m1/s1. The van der Waals surface area contributed by atoms with Gasteiger partial charge < -0.3 is 18.9 Å². The molecule has 6 aliphatic rings. The smallest absolute Gasteiger partial charge is 0.338 e. The van der Waals surface area contributed by atoms with Gasteiger partial charge in [-0.1, -0.05) is 40.7 Å². The molecule has 0 aromatic heterocycles. The highest BCUT2D eigenvalue weighted by Gasteiger charge is 2.89. The Hall–Kier alpha value is -1.73. The zero-order valence-corrected chi connectivity index (χ0v) is 21.7. The van der Waals surface area contributed by atoms with Gasteiger partial charge in [0.1, 0.15) is 17.8 Å². The highest BCUT2D eigenvalue weighted by molar-refractivity contribution is 5.96. The predicted octanol–water partition coefficient (Wildman–Crippen LogP) is 3.63. The lowest BCUT2D eigenvalue weighted by Crippen LogP contribution is -2.75. The Morgan fingerprint density at radius 3 is 2.49 bits per heavy atom. The van der Waals surface area contributed by atoms with E-state index in [1.807, 2.05) is 6.08 Å². The van der Waals surface area contributed by atoms with E-state index >= 15 is 0 Å². The van der Waals surface area contributed by atoms with Gasteiger partial charge in [0.15, 0.2) is 11.9 Å². The third kappa shape index (κ3) is 2.62. The normalized spacial score (nSPS) is 53.5. The van der Waals surface area contributed by atoms with Crippen molar-refractivity contribution in [1.82, 2.24) is 0 Å². The molecule has 3 heterocycles. The molecule has 7 nitrogen and oxygen atoms in total. The van der Waals surface area contributed by atoms with Gasteiger partial charge >= 0.3 is 11.9 Å². The molecule has 7 heteroatoms. The number of hydrogen-bond acceptors (Lipinski definition) is 7. The van der Waals surface area contributed by atoms with Crippen molar-refractivity contribution < 1.29 is 33.3 Å². The first kappa shape index (κ1) is 23.7. The van der Waals surface area contributed by atoms with E-state index in [1.165, 1.54) is 6.92 Å². The molecule has 0 aromatic rings. The van der Waals surface area contributed by atoms with Gasteiger partial charge in [0.2, 0.25) is 0 Å². The first-order valence-corrected chi connectivity index (χ1v) is 13.2. The first-order chi connectivity index (χ1) is 16.3. The van der Waals surface area contributed by atoms with Gasteiger partial charge in [-0.05, 0) is 49.0 Å². The van der Waals surface area contributed by atoms with Gasteiger partial charge in [0.25, 0.3) is 0 Å². The molecule has 3 aliphatic carbocycles. The number of rotatable bonds is 2. The molecule has 2 saturated carbocycles. The monoisotopic (exact) mass is 486 g/mol. The molecule has 10 atom stereocenters. The van der Waals surface area contributed by atoms with Crippen LogP contribution < -0.4 is 0 Å². The summed E-state index contributed by atoms with van der Waals surface area (Å²) in [4.78, 5) is 39.5. The maximum Gasteiger partial charge on any atom is 0.338 e. The minimum absolute atomic E-state index is 0.0162. The zero-order valence-electron chi connectivity index (χ0n) is 21.7. The van der Waals surface area contributed by atoms with Crippen LogP contribution in [0.15, 0.2) is 12.2 Å². The summed E-state index contributed by atoms with van der Waals surface area (Å²) in [6.45, 7) is 13.4. The van der Waals surface area contributed by atoms with Crippen molar-refractivity contribution in [2.75, 3.05) is 13.2 Å². The van der Waals surface area contributed by atoms with Crippen LogP contribution in [-0.4, -0.2) is 54.8 Å². The average molecular weight is 487 g/mol. The van der Waals surface area contributed by atoms with Crippen LogP contribution in [0, 0.1) is 39.4 Å². The van der Waals surface area contributed by atoms with Crippen LogP contribution in [0.1, 0.15) is 67.2 Å². The summed E-state index contributed by atoms with van der Waals surface area (Å²) in [5.74, 6) is -0.500. The van der Waals surface area contributed by atoms with Crippen molar-refractivity contribution in [2.24, 2.45) is 39.4 Å². The second-order valence-corrected chi connectivity index (χ2v) is 13.2. The van der Waals surface area contributed by atoms with E-state index < -0.39 is 34.1 Å². The molecule has 6 unspecified atom stereocenters. The van der Waals surface area contributed by atoms with E-state index in [4.69, 9.17) is 18.9 Å². The summed E-state index contributed by atoms with van der Waals surface area (Å²) < 4.78 is 24.5. The van der Waals surface area contributed by atoms with Gasteiger partial charge in [-0.3, -0.25) is 9.59 Å². The molecule has 0 aromatic carbocycles. The maximum atomic E-state index is 13.7. The Labute approximate surface area is 207 Å². The van der Waals surface area contributed by atoms with Gasteiger partial charge in [-0.2, -0.15) is 0 Å². The summed E-state index contributed by atoms with van der Waals surface area (Å²) in [5, 5.41) is 0. The van der Waals surface area contributed by atoms with Crippen LogP contribution in [0.3, 0.4) is 0 Å². The van der Waals surface area contributed by atoms with Gasteiger partial charge in [-0.25, -0.2) is 4.79 Å². The van der Waals surface area contributed by atoms with E-state index in [-0.39, 0.29) is 47.0 Å². The van der Waals surface area contributed by atoms with Crippen LogP contribution in [0.4, 0.5) is 0 Å². The number of fused-ring (bicyclic) bond motifs is 3. The Balaban J connectivity index is 1.53. The molecule has 192 valence electrons. The quantitative estimate of drug-likeness (QED) is 0.435. The second-order valence-electron chi connectivity index (χ2n) is 13.2. The van der Waals surface area contributed by atoms with Crippen LogP contribution in [0.25, 0.3) is 0 Å². The fourth-order valence-electron chi connectivity index (χ4n) is 9.80. The van der Waals surface area contributed by atoms with Crippen molar-refractivity contribution in [1.29, 1.82) is 0 Å². The maximum absolute atomic E-state index is 13.7. The molecule has 6 rings (SSSR count). The van der Waals surface area contributed by atoms with Crippen molar-refractivity contribution in [3.8, 4) is 0 Å². The summed E-state index contributed by atoms with van der Waals surface area (Å²) in [6, 6.07) is 0. The van der Waals surface area contributed by atoms with Crippen LogP contribution >= 0.6 is 0 Å². The van der Waals surface area contributed by atoms with Crippen molar-refractivity contribution >= 4 is 17.7 Å². The summed E-state index contributed by atoms with van der Waals surface area (Å²) in [6.07, 6.45) is 5.27. The van der Waals surface area contributed by atoms with Gasteiger partial charge in [0.05, 0.1) is 6.61 Å². The minimum Gasteiger partial charge on any atom is -0.462 e. The van der Waals surface area contributed by atoms with E-state index in [9.17, 15) is 14.4 Å². The van der Waals surface area contributed by atoms with E-state index in [0.29, 0.717) is 19.6 Å². The lowest BCUT2D eigenvalue weighted by Gasteiger charge is -2.68. The lowest BCUT2D eigenvalue weighted by atomic mass is 9.35. The zero-order chi connectivity index (χ0) is 25.2. The number of allylic oxidation sites excluding steroid dienone is 2. The molecule has 0 radical (unpaired) electrons. The third-order valence-electron chi connectivity index (χ3n) is 11.4. The number of cyclic esters (lactones) is 1. The topological polar surface area (TPSA) is 91.4 Å². The fourth-order valence-corrected chi connectivity index (χ4v) is 9.80. The van der Waals surface area contributed by atoms with E-state index in [0.717, 1.165) is 19.3 Å². The van der Waals surface area contributed by atoms with E-state index in [2.05, 4.69) is 34.6 Å². The van der Waals surface area contributed by atoms with Crippen molar-refractivity contribution in [3.63, 3.8) is 0 Å². The molecule has 3 aliphatic heterocycles. The van der Waals surface area contributed by atoms with Crippen LogP contribution in [0.5, 0.6) is 0 Å². The fraction of sp³-hybridized carbons (Fsp3) is 0.821. The molecule has 0 bridgehead atoms. The van der Waals surface area contributed by atoms with Gasteiger partial charge in [-0.15, -0.1) is 0 Å². The number of hydrogen-bond donors (Lipinski definition) is 0. The summed E-state index contributed by atoms with van der Waals surface area (Å²) >= 11 is 0. The third-order valence-corrected chi connectivity index (χ3v) is 11.4. The number of esters is 2. The molecule has 3 saturated heterocycles. The van der Waals surface area contributed by atoms with Crippen LogP contribution in [-0.2, 0) is 33.3 Å². The molecular weight excluding hydrogens is 448 g/mol. The number of ketones is 1. The van der Waals surface area contributed by atoms with E-state index in [1.54, 1.807) is 6.08 Å². The van der Waals surface area contributed by atoms with Crippen LogP contribution in [0.2, 0.25) is 0 Å².